The van der Waals surface area contributed by atoms with Gasteiger partial charge in [-0.1, -0.05) is 30.3 Å². The fraction of sp³-hybridized carbons (Fsp3) is 0.435. The summed E-state index contributed by atoms with van der Waals surface area (Å²) in [5, 5.41) is 0. The Morgan fingerprint density at radius 3 is 2.29 bits per heavy atom. The van der Waals surface area contributed by atoms with Crippen LogP contribution in [0.25, 0.3) is 0 Å². The number of rotatable bonds is 6. The molecule has 2 saturated heterocycles. The molecule has 3 atom stereocenters. The smallest absolute Gasteiger partial charge is 0.338 e. The van der Waals surface area contributed by atoms with E-state index in [0.29, 0.717) is 29.1 Å². The molecular weight excluding hydrogens is 354 g/mol. The van der Waals surface area contributed by atoms with Crippen LogP contribution in [-0.4, -0.2) is 43.3 Å². The van der Waals surface area contributed by atoms with Crippen molar-refractivity contribution in [3.8, 4) is 11.5 Å². The maximum atomic E-state index is 12.7. The highest BCUT2D eigenvalue weighted by atomic mass is 16.5. The number of hydrogen-bond donors (Lipinski definition) is 0. The van der Waals surface area contributed by atoms with Gasteiger partial charge in [-0.2, -0.15) is 0 Å². The highest BCUT2D eigenvalue weighted by Crippen LogP contribution is 2.38. The van der Waals surface area contributed by atoms with Gasteiger partial charge in [0.05, 0.1) is 19.8 Å². The molecule has 0 amide bonds. The van der Waals surface area contributed by atoms with Crippen molar-refractivity contribution in [2.24, 2.45) is 0 Å². The first kappa shape index (κ1) is 18.8. The third-order valence-electron chi connectivity index (χ3n) is 5.94. The van der Waals surface area contributed by atoms with Gasteiger partial charge in [0.15, 0.2) is 11.5 Å². The molecule has 5 nitrogen and oxygen atoms in total. The summed E-state index contributed by atoms with van der Waals surface area (Å²) in [5.74, 6) is 0.850. The number of methoxy groups -OCH3 is 2. The van der Waals surface area contributed by atoms with Crippen LogP contribution in [0.4, 0.5) is 0 Å². The van der Waals surface area contributed by atoms with E-state index in [2.05, 4.69) is 35.2 Å². The van der Waals surface area contributed by atoms with E-state index in [1.807, 2.05) is 0 Å². The second-order valence-electron chi connectivity index (χ2n) is 7.61. The highest BCUT2D eigenvalue weighted by molar-refractivity contribution is 5.90. The minimum Gasteiger partial charge on any atom is -0.493 e. The van der Waals surface area contributed by atoms with Crippen LogP contribution in [0.5, 0.6) is 11.5 Å². The second kappa shape index (κ2) is 8.23. The number of benzene rings is 2. The van der Waals surface area contributed by atoms with Crippen LogP contribution < -0.4 is 9.47 Å². The van der Waals surface area contributed by atoms with Gasteiger partial charge < -0.3 is 14.2 Å². The number of piperidine rings is 1. The zero-order valence-corrected chi connectivity index (χ0v) is 16.5. The molecule has 2 heterocycles. The molecular formula is C23H27NO4. The van der Waals surface area contributed by atoms with Crippen molar-refractivity contribution in [2.75, 3.05) is 14.2 Å². The van der Waals surface area contributed by atoms with Crippen molar-refractivity contribution in [1.29, 1.82) is 0 Å². The number of nitrogens with zero attached hydrogens (tertiary/aromatic N) is 1. The van der Waals surface area contributed by atoms with E-state index in [4.69, 9.17) is 14.2 Å². The molecule has 0 saturated carbocycles. The summed E-state index contributed by atoms with van der Waals surface area (Å²) in [6, 6.07) is 16.7. The highest BCUT2D eigenvalue weighted by Gasteiger charge is 2.41. The van der Waals surface area contributed by atoms with E-state index >= 15 is 0 Å². The van der Waals surface area contributed by atoms with Gasteiger partial charge in [0.25, 0.3) is 0 Å². The van der Waals surface area contributed by atoms with Crippen LogP contribution in [0, 0.1) is 0 Å². The van der Waals surface area contributed by atoms with E-state index in [1.165, 1.54) is 18.4 Å². The van der Waals surface area contributed by atoms with Gasteiger partial charge in [-0.3, -0.25) is 4.90 Å². The number of carbonyl (C=O) groups excluding carboxylic acids is 1. The van der Waals surface area contributed by atoms with Gasteiger partial charge in [0.1, 0.15) is 6.10 Å². The van der Waals surface area contributed by atoms with Gasteiger partial charge in [-0.15, -0.1) is 0 Å². The van der Waals surface area contributed by atoms with Crippen molar-refractivity contribution >= 4 is 5.97 Å². The largest absolute Gasteiger partial charge is 0.493 e. The maximum Gasteiger partial charge on any atom is 0.338 e. The zero-order chi connectivity index (χ0) is 19.5. The van der Waals surface area contributed by atoms with E-state index in [-0.39, 0.29) is 12.1 Å². The molecule has 2 aliphatic rings. The van der Waals surface area contributed by atoms with Crippen molar-refractivity contribution in [3.05, 3.63) is 59.7 Å². The predicted octanol–water partition coefficient (Wildman–Crippen LogP) is 4.06. The average molecular weight is 381 g/mol. The molecule has 0 N–H and O–H groups in total. The van der Waals surface area contributed by atoms with Crippen LogP contribution in [0.15, 0.2) is 48.5 Å². The first-order valence-corrected chi connectivity index (χ1v) is 9.90. The summed E-state index contributed by atoms with van der Waals surface area (Å²) in [4.78, 5) is 15.2. The van der Waals surface area contributed by atoms with E-state index in [9.17, 15) is 4.79 Å². The lowest BCUT2D eigenvalue weighted by molar-refractivity contribution is -0.00807. The molecule has 0 aromatic heterocycles. The van der Waals surface area contributed by atoms with Crippen molar-refractivity contribution in [1.82, 2.24) is 4.90 Å². The number of fused-ring (bicyclic) bond motifs is 2. The molecule has 2 aliphatic heterocycles. The lowest BCUT2D eigenvalue weighted by Crippen LogP contribution is -2.45. The molecule has 0 spiro atoms. The molecule has 2 fully saturated rings. The predicted molar refractivity (Wildman–Crippen MR) is 107 cm³/mol. The third-order valence-corrected chi connectivity index (χ3v) is 5.94. The Morgan fingerprint density at radius 2 is 1.64 bits per heavy atom. The Hall–Kier alpha value is -2.53. The van der Waals surface area contributed by atoms with Crippen molar-refractivity contribution in [3.63, 3.8) is 0 Å². The van der Waals surface area contributed by atoms with E-state index in [0.717, 1.165) is 19.4 Å². The molecule has 1 unspecified atom stereocenters. The molecule has 4 rings (SSSR count). The zero-order valence-electron chi connectivity index (χ0n) is 16.5. The number of esters is 1. The Kier molecular flexibility index (Phi) is 5.53. The molecule has 28 heavy (non-hydrogen) atoms. The Labute approximate surface area is 166 Å². The minimum atomic E-state index is -0.290. The van der Waals surface area contributed by atoms with Crippen molar-refractivity contribution in [2.45, 2.75) is 50.4 Å². The lowest BCUT2D eigenvalue weighted by Gasteiger charge is -2.38. The van der Waals surface area contributed by atoms with Crippen LogP contribution in [0.1, 0.15) is 41.6 Å². The third kappa shape index (κ3) is 3.85. The van der Waals surface area contributed by atoms with Crippen LogP contribution in [0.3, 0.4) is 0 Å². The first-order chi connectivity index (χ1) is 13.7. The molecule has 0 aliphatic carbocycles. The Bertz CT molecular complexity index is 809. The number of hydrogen-bond acceptors (Lipinski definition) is 5. The maximum absolute atomic E-state index is 12.7. The molecule has 148 valence electrons. The topological polar surface area (TPSA) is 48.0 Å². The first-order valence-electron chi connectivity index (χ1n) is 9.90. The van der Waals surface area contributed by atoms with Gasteiger partial charge in [-0.25, -0.2) is 4.79 Å². The monoisotopic (exact) mass is 381 g/mol. The summed E-state index contributed by atoms with van der Waals surface area (Å²) in [6.45, 7) is 0.979. The van der Waals surface area contributed by atoms with Gasteiger partial charge in [0.2, 0.25) is 0 Å². The number of ether oxygens (including phenoxy) is 3. The van der Waals surface area contributed by atoms with E-state index in [1.54, 1.807) is 32.4 Å². The van der Waals surface area contributed by atoms with Gasteiger partial charge >= 0.3 is 5.97 Å². The fourth-order valence-electron chi connectivity index (χ4n) is 4.56. The summed E-state index contributed by atoms with van der Waals surface area (Å²) >= 11 is 0. The van der Waals surface area contributed by atoms with Gasteiger partial charge in [-0.05, 0) is 36.6 Å². The Morgan fingerprint density at radius 1 is 0.964 bits per heavy atom. The Balaban J connectivity index is 1.39. The molecule has 2 bridgehead atoms. The van der Waals surface area contributed by atoms with Crippen LogP contribution >= 0.6 is 0 Å². The average Bonchev–Trinajstić information content (AvgIpc) is 2.96. The minimum absolute atomic E-state index is 0.0230. The number of carbonyl (C=O) groups is 1. The molecule has 2 aromatic rings. The summed E-state index contributed by atoms with van der Waals surface area (Å²) in [5.41, 5.74) is 1.84. The molecule has 0 radical (unpaired) electrons. The van der Waals surface area contributed by atoms with E-state index < -0.39 is 0 Å². The summed E-state index contributed by atoms with van der Waals surface area (Å²) in [6.07, 6.45) is 4.15. The van der Waals surface area contributed by atoms with Gasteiger partial charge in [0, 0.05) is 31.5 Å². The lowest BCUT2D eigenvalue weighted by atomic mass is 9.98. The SMILES string of the molecule is COc1ccc(C(=O)OC2C[C@H]3CC[C@@H](C2)N3Cc2ccccc2)cc1OC. The molecule has 2 aromatic carbocycles. The second-order valence-corrected chi connectivity index (χ2v) is 7.61. The fourth-order valence-corrected chi connectivity index (χ4v) is 4.56. The summed E-state index contributed by atoms with van der Waals surface area (Å²) < 4.78 is 16.4. The quantitative estimate of drug-likeness (QED) is 0.707. The standard InChI is InChI=1S/C23H27NO4/c1-26-21-11-8-17(12-22(21)27-2)23(25)28-20-13-18-9-10-19(14-20)24(18)15-16-6-4-3-5-7-16/h3-8,11-12,18-20H,9-10,13-15H2,1-2H3/t18-,19+,20?. The summed E-state index contributed by atoms with van der Waals surface area (Å²) in [7, 11) is 3.14. The normalized spacial score (nSPS) is 24.0. The van der Waals surface area contributed by atoms with Crippen LogP contribution in [0.2, 0.25) is 0 Å². The van der Waals surface area contributed by atoms with Crippen molar-refractivity contribution < 1.29 is 19.0 Å². The molecule has 5 heteroatoms. The van der Waals surface area contributed by atoms with Crippen LogP contribution in [-0.2, 0) is 11.3 Å².